The molecule has 0 unspecified atom stereocenters. The van der Waals surface area contributed by atoms with Gasteiger partial charge in [-0.05, 0) is 44.2 Å². The van der Waals surface area contributed by atoms with E-state index in [1.807, 2.05) is 56.4 Å². The lowest BCUT2D eigenvalue weighted by Gasteiger charge is -2.34. The first-order valence-corrected chi connectivity index (χ1v) is 14.4. The lowest BCUT2D eigenvalue weighted by atomic mass is 10.1. The van der Waals surface area contributed by atoms with Gasteiger partial charge in [0.1, 0.15) is 10.0 Å². The minimum absolute atomic E-state index is 0.180. The summed E-state index contributed by atoms with van der Waals surface area (Å²) in [6.45, 7) is 4.33. The molecule has 8 nitrogen and oxygen atoms in total. The van der Waals surface area contributed by atoms with Crippen molar-refractivity contribution in [2.75, 3.05) is 20.1 Å². The van der Waals surface area contributed by atoms with Crippen LogP contribution in [-0.4, -0.2) is 70.0 Å². The molecule has 1 aromatic heterocycles. The second kappa shape index (κ2) is 10.1. The van der Waals surface area contributed by atoms with Crippen molar-refractivity contribution in [3.05, 3.63) is 71.3 Å². The number of sulfonamides is 1. The van der Waals surface area contributed by atoms with E-state index in [9.17, 15) is 13.2 Å². The lowest BCUT2D eigenvalue weighted by molar-refractivity contribution is -0.121. The van der Waals surface area contributed by atoms with E-state index in [0.29, 0.717) is 39.1 Å². The third-order valence-electron chi connectivity index (χ3n) is 6.17. The van der Waals surface area contributed by atoms with Crippen molar-refractivity contribution < 1.29 is 17.9 Å². The van der Waals surface area contributed by atoms with Gasteiger partial charge in [0.25, 0.3) is 5.91 Å². The maximum Gasteiger partial charge on any atom is 0.265 e. The molecular weight excluding hydrogens is 529 g/mol. The Hall–Kier alpha value is -2.83. The first-order valence-electron chi connectivity index (χ1n) is 11.8. The molecule has 3 heterocycles. The highest BCUT2D eigenvalue weighted by Gasteiger charge is 2.33. The van der Waals surface area contributed by atoms with Gasteiger partial charge >= 0.3 is 0 Å². The van der Waals surface area contributed by atoms with Crippen LogP contribution in [0, 0.1) is 0 Å². The minimum atomic E-state index is -3.74. The van der Waals surface area contributed by atoms with Gasteiger partial charge in [-0.2, -0.15) is 9.40 Å². The zero-order chi connectivity index (χ0) is 26.3. The predicted octanol–water partition coefficient (Wildman–Crippen LogP) is 4.17. The van der Waals surface area contributed by atoms with Gasteiger partial charge in [0.05, 0.1) is 27.7 Å². The number of hydrogen-bond acceptors (Lipinski definition) is 7. The number of thioether (sulfide) groups is 1. The molecule has 0 aliphatic carbocycles. The highest BCUT2D eigenvalue weighted by Crippen LogP contribution is 2.35. The molecule has 3 aromatic rings. The molecule has 0 radical (unpaired) electrons. The van der Waals surface area contributed by atoms with Crippen LogP contribution < -0.4 is 0 Å². The van der Waals surface area contributed by atoms with Crippen LogP contribution in [0.1, 0.15) is 19.4 Å². The molecule has 2 saturated heterocycles. The molecule has 37 heavy (non-hydrogen) atoms. The zero-order valence-corrected chi connectivity index (χ0v) is 23.0. The van der Waals surface area contributed by atoms with Gasteiger partial charge in [-0.25, -0.2) is 13.1 Å². The van der Waals surface area contributed by atoms with E-state index in [2.05, 4.69) is 0 Å². The molecule has 2 aromatic carbocycles. The Morgan fingerprint density at radius 1 is 1.08 bits per heavy atom. The van der Waals surface area contributed by atoms with Gasteiger partial charge in [-0.15, -0.1) is 0 Å². The zero-order valence-electron chi connectivity index (χ0n) is 20.6. The first-order chi connectivity index (χ1) is 17.6. The molecule has 0 bridgehead atoms. The SMILES string of the molecule is C[C@@H]1CN(S(=O)(=O)c2cccc(-c3nn(-c4ccccc4)cc3/C=C3/SC(=S)N(C)C3=O)c2)C[C@H](C)O1. The van der Waals surface area contributed by atoms with E-state index in [1.54, 1.807) is 36.0 Å². The fourth-order valence-corrected chi connectivity index (χ4v) is 7.20. The van der Waals surface area contributed by atoms with Crippen LogP contribution in [-0.2, 0) is 19.6 Å². The van der Waals surface area contributed by atoms with E-state index in [1.165, 1.54) is 21.0 Å². The van der Waals surface area contributed by atoms with E-state index in [-0.39, 0.29) is 23.0 Å². The second-order valence-electron chi connectivity index (χ2n) is 9.06. The monoisotopic (exact) mass is 554 g/mol. The number of morpholine rings is 1. The number of likely N-dealkylation sites (N-methyl/N-ethyl adjacent to an activating group) is 1. The summed E-state index contributed by atoms with van der Waals surface area (Å²) >= 11 is 6.51. The normalized spacial score (nSPS) is 22.2. The summed E-state index contributed by atoms with van der Waals surface area (Å²) in [7, 11) is -2.09. The summed E-state index contributed by atoms with van der Waals surface area (Å²) in [5.74, 6) is -0.180. The van der Waals surface area contributed by atoms with Crippen molar-refractivity contribution in [1.82, 2.24) is 19.0 Å². The molecule has 192 valence electrons. The van der Waals surface area contributed by atoms with Crippen molar-refractivity contribution in [3.63, 3.8) is 0 Å². The average Bonchev–Trinajstić information content (AvgIpc) is 3.41. The smallest absolute Gasteiger partial charge is 0.265 e. The standard InChI is InChI=1S/C26H26N4O4S3/c1-17-14-29(15-18(2)34-17)37(32,33)22-11-7-8-19(12-22)24-20(13-23-25(31)28(3)26(35)36-23)16-30(27-24)21-9-5-4-6-10-21/h4-13,16-18H,14-15H2,1-3H3/b23-13+/t17-,18+. The summed E-state index contributed by atoms with van der Waals surface area (Å²) in [6, 6.07) is 16.4. The van der Waals surface area contributed by atoms with Gasteiger partial charge in [-0.1, -0.05) is 54.3 Å². The minimum Gasteiger partial charge on any atom is -0.373 e. The number of rotatable bonds is 5. The Morgan fingerprint density at radius 2 is 1.78 bits per heavy atom. The lowest BCUT2D eigenvalue weighted by Crippen LogP contribution is -2.48. The summed E-state index contributed by atoms with van der Waals surface area (Å²) in [5.41, 5.74) is 2.71. The van der Waals surface area contributed by atoms with E-state index < -0.39 is 10.0 Å². The van der Waals surface area contributed by atoms with E-state index in [4.69, 9.17) is 22.1 Å². The molecule has 0 spiro atoms. The average molecular weight is 555 g/mol. The van der Waals surface area contributed by atoms with Crippen LogP contribution >= 0.6 is 24.0 Å². The molecule has 1 amide bonds. The third-order valence-corrected chi connectivity index (χ3v) is 9.48. The number of carbonyl (C=O) groups is 1. The van der Waals surface area contributed by atoms with Crippen molar-refractivity contribution in [2.24, 2.45) is 0 Å². The van der Waals surface area contributed by atoms with Crippen LogP contribution in [0.5, 0.6) is 0 Å². The summed E-state index contributed by atoms with van der Waals surface area (Å²) in [4.78, 5) is 14.8. The molecule has 2 fully saturated rings. The molecule has 0 saturated carbocycles. The van der Waals surface area contributed by atoms with Gasteiger partial charge in [0.2, 0.25) is 10.0 Å². The number of nitrogens with zero attached hydrogens (tertiary/aromatic N) is 4. The van der Waals surface area contributed by atoms with Gasteiger partial charge in [-0.3, -0.25) is 9.69 Å². The van der Waals surface area contributed by atoms with Crippen molar-refractivity contribution in [2.45, 2.75) is 31.0 Å². The molecule has 2 aliphatic heterocycles. The third kappa shape index (κ3) is 5.14. The van der Waals surface area contributed by atoms with Crippen LogP contribution in [0.4, 0.5) is 0 Å². The fourth-order valence-electron chi connectivity index (χ4n) is 4.40. The summed E-state index contributed by atoms with van der Waals surface area (Å²) < 4.78 is 36.5. The highest BCUT2D eigenvalue weighted by atomic mass is 32.2. The Balaban J connectivity index is 1.59. The van der Waals surface area contributed by atoms with Crippen molar-refractivity contribution in [3.8, 4) is 16.9 Å². The topological polar surface area (TPSA) is 84.7 Å². The number of benzene rings is 2. The van der Waals surface area contributed by atoms with Crippen molar-refractivity contribution in [1.29, 1.82) is 0 Å². The molecule has 11 heteroatoms. The van der Waals surface area contributed by atoms with Gasteiger partial charge < -0.3 is 4.74 Å². The molecule has 5 rings (SSSR count). The van der Waals surface area contributed by atoms with Crippen LogP contribution in [0.25, 0.3) is 23.0 Å². The number of ether oxygens (including phenoxy) is 1. The van der Waals surface area contributed by atoms with Gasteiger partial charge in [0.15, 0.2) is 0 Å². The quantitative estimate of drug-likeness (QED) is 0.346. The van der Waals surface area contributed by atoms with Crippen LogP contribution in [0.2, 0.25) is 0 Å². The predicted molar refractivity (Wildman–Crippen MR) is 149 cm³/mol. The Kier molecular flexibility index (Phi) is 7.08. The van der Waals surface area contributed by atoms with Crippen LogP contribution in [0.15, 0.2) is 70.6 Å². The fraction of sp³-hybridized carbons (Fsp3) is 0.269. The Bertz CT molecular complexity index is 1490. The van der Waals surface area contributed by atoms with E-state index >= 15 is 0 Å². The maximum atomic E-state index is 13.5. The summed E-state index contributed by atoms with van der Waals surface area (Å²) in [6.07, 6.45) is 3.22. The molecular formula is C26H26N4O4S3. The first kappa shape index (κ1) is 25.8. The highest BCUT2D eigenvalue weighted by molar-refractivity contribution is 8.26. The summed E-state index contributed by atoms with van der Waals surface area (Å²) in [5, 5.41) is 4.79. The molecule has 0 N–H and O–H groups in total. The molecule has 2 aliphatic rings. The van der Waals surface area contributed by atoms with Gasteiger partial charge in [0, 0.05) is 37.5 Å². The number of carbonyl (C=O) groups excluding carboxylic acids is 1. The Labute approximate surface area is 226 Å². The second-order valence-corrected chi connectivity index (χ2v) is 12.7. The van der Waals surface area contributed by atoms with Crippen LogP contribution in [0.3, 0.4) is 0 Å². The largest absolute Gasteiger partial charge is 0.373 e. The maximum absolute atomic E-state index is 13.5. The van der Waals surface area contributed by atoms with E-state index in [0.717, 1.165) is 5.69 Å². The number of amides is 1. The number of hydrogen-bond donors (Lipinski definition) is 0. The Morgan fingerprint density at radius 3 is 2.43 bits per heavy atom. The molecule has 2 atom stereocenters. The van der Waals surface area contributed by atoms with Crippen molar-refractivity contribution >= 4 is 50.3 Å². The number of aromatic nitrogens is 2. The number of thiocarbonyl (C=S) groups is 1. The number of para-hydroxylation sites is 1.